The summed E-state index contributed by atoms with van der Waals surface area (Å²) < 4.78 is 26.5. The van der Waals surface area contributed by atoms with Crippen molar-refractivity contribution in [2.45, 2.75) is 31.6 Å². The molecule has 0 bridgehead atoms. The molecule has 1 saturated heterocycles. The van der Waals surface area contributed by atoms with Crippen LogP contribution in [0.5, 0.6) is 0 Å². The van der Waals surface area contributed by atoms with Gasteiger partial charge in [-0.1, -0.05) is 0 Å². The van der Waals surface area contributed by atoms with Crippen molar-refractivity contribution in [1.29, 1.82) is 0 Å². The molecule has 1 fully saturated rings. The van der Waals surface area contributed by atoms with E-state index in [0.29, 0.717) is 42.2 Å². The lowest BCUT2D eigenvalue weighted by atomic mass is 10.00. The molecule has 1 aromatic heterocycles. The van der Waals surface area contributed by atoms with E-state index in [1.165, 1.54) is 4.31 Å². The molecule has 0 aromatic carbocycles. The van der Waals surface area contributed by atoms with Crippen molar-refractivity contribution in [1.82, 2.24) is 14.5 Å². The third-order valence-corrected chi connectivity index (χ3v) is 5.65. The van der Waals surface area contributed by atoms with Crippen molar-refractivity contribution in [3.63, 3.8) is 0 Å². The second kappa shape index (κ2) is 4.99. The number of sulfonamides is 1. The Hall–Kier alpha value is -0.920. The van der Waals surface area contributed by atoms with E-state index in [1.807, 2.05) is 0 Å². The van der Waals surface area contributed by atoms with Crippen LogP contribution in [0.4, 0.5) is 0 Å². The molecule has 0 saturated carbocycles. The minimum atomic E-state index is -3.45. The van der Waals surface area contributed by atoms with Crippen LogP contribution in [0.1, 0.15) is 24.2 Å². The summed E-state index contributed by atoms with van der Waals surface area (Å²) in [5.41, 5.74) is 1.09. The van der Waals surface area contributed by atoms with Crippen LogP contribution in [0.2, 0.25) is 0 Å². The fourth-order valence-electron chi connectivity index (χ4n) is 2.38. The number of aryl methyl sites for hydroxylation is 2. The number of aromatic amines is 1. The van der Waals surface area contributed by atoms with Crippen LogP contribution in [0, 0.1) is 19.8 Å². The Morgan fingerprint density at radius 1 is 1.39 bits per heavy atom. The SMILES string of the molecule is Cc1n[nH]c(C)c1S(=O)(=O)N1CCC(CO)CC1. The Balaban J connectivity index is 2.23. The molecule has 1 aromatic rings. The number of hydrogen-bond donors (Lipinski definition) is 2. The van der Waals surface area contributed by atoms with Crippen LogP contribution >= 0.6 is 0 Å². The quantitative estimate of drug-likeness (QED) is 0.835. The van der Waals surface area contributed by atoms with Gasteiger partial charge in [0.25, 0.3) is 0 Å². The van der Waals surface area contributed by atoms with Gasteiger partial charge in [-0.15, -0.1) is 0 Å². The van der Waals surface area contributed by atoms with E-state index < -0.39 is 10.0 Å². The Kier molecular flexibility index (Phi) is 3.74. The first-order valence-electron chi connectivity index (χ1n) is 6.09. The number of piperidine rings is 1. The molecule has 2 rings (SSSR count). The maximum atomic E-state index is 12.5. The fourth-order valence-corrected chi connectivity index (χ4v) is 4.18. The second-order valence-corrected chi connectivity index (χ2v) is 6.67. The number of nitrogens with zero attached hydrogens (tertiary/aromatic N) is 2. The highest BCUT2D eigenvalue weighted by atomic mass is 32.2. The molecule has 6 nitrogen and oxygen atoms in total. The van der Waals surface area contributed by atoms with E-state index >= 15 is 0 Å². The van der Waals surface area contributed by atoms with E-state index in [-0.39, 0.29) is 12.5 Å². The smallest absolute Gasteiger partial charge is 0.246 e. The van der Waals surface area contributed by atoms with Crippen LogP contribution in [-0.2, 0) is 10.0 Å². The van der Waals surface area contributed by atoms with Gasteiger partial charge in [0.05, 0.1) is 11.4 Å². The third-order valence-electron chi connectivity index (χ3n) is 3.49. The van der Waals surface area contributed by atoms with E-state index in [1.54, 1.807) is 13.8 Å². The summed E-state index contributed by atoms with van der Waals surface area (Å²) in [5, 5.41) is 15.7. The molecule has 0 atom stereocenters. The van der Waals surface area contributed by atoms with Crippen LogP contribution in [0.3, 0.4) is 0 Å². The number of aliphatic hydroxyl groups is 1. The highest BCUT2D eigenvalue weighted by molar-refractivity contribution is 7.89. The van der Waals surface area contributed by atoms with Gasteiger partial charge in [0, 0.05) is 19.7 Å². The highest BCUT2D eigenvalue weighted by Crippen LogP contribution is 2.26. The monoisotopic (exact) mass is 273 g/mol. The predicted octanol–water partition coefficient (Wildman–Crippen LogP) is 0.420. The molecule has 0 spiro atoms. The molecule has 0 amide bonds. The molecule has 0 radical (unpaired) electrons. The average Bonchev–Trinajstić information content (AvgIpc) is 2.69. The van der Waals surface area contributed by atoms with Gasteiger partial charge >= 0.3 is 0 Å². The number of aliphatic hydroxyl groups excluding tert-OH is 1. The van der Waals surface area contributed by atoms with Gasteiger partial charge in [-0.2, -0.15) is 9.40 Å². The Bertz CT molecular complexity index is 496. The van der Waals surface area contributed by atoms with Gasteiger partial charge in [0.1, 0.15) is 4.90 Å². The van der Waals surface area contributed by atoms with Gasteiger partial charge in [0.15, 0.2) is 0 Å². The number of nitrogens with one attached hydrogen (secondary N) is 1. The first-order valence-corrected chi connectivity index (χ1v) is 7.53. The van der Waals surface area contributed by atoms with Crippen molar-refractivity contribution in [2.24, 2.45) is 5.92 Å². The minimum Gasteiger partial charge on any atom is -0.396 e. The molecular formula is C11H19N3O3S. The zero-order chi connectivity index (χ0) is 13.3. The lowest BCUT2D eigenvalue weighted by molar-refractivity contribution is 0.170. The van der Waals surface area contributed by atoms with Crippen LogP contribution < -0.4 is 0 Å². The molecular weight excluding hydrogens is 254 g/mol. The summed E-state index contributed by atoms with van der Waals surface area (Å²) in [6.07, 6.45) is 1.43. The van der Waals surface area contributed by atoms with Crippen LogP contribution in [0.25, 0.3) is 0 Å². The summed E-state index contributed by atoms with van der Waals surface area (Å²) in [6.45, 7) is 4.48. The first kappa shape index (κ1) is 13.5. The van der Waals surface area contributed by atoms with E-state index in [9.17, 15) is 8.42 Å². The number of hydrogen-bond acceptors (Lipinski definition) is 4. The molecule has 7 heteroatoms. The Morgan fingerprint density at radius 3 is 2.44 bits per heavy atom. The summed E-state index contributed by atoms with van der Waals surface area (Å²) >= 11 is 0. The van der Waals surface area contributed by atoms with E-state index in [4.69, 9.17) is 5.11 Å². The maximum Gasteiger partial charge on any atom is 0.246 e. The zero-order valence-electron chi connectivity index (χ0n) is 10.7. The van der Waals surface area contributed by atoms with Gasteiger partial charge in [-0.3, -0.25) is 5.10 Å². The maximum absolute atomic E-state index is 12.5. The van der Waals surface area contributed by atoms with Gasteiger partial charge in [0.2, 0.25) is 10.0 Å². The third kappa shape index (κ3) is 2.30. The van der Waals surface area contributed by atoms with Crippen molar-refractivity contribution in [3.05, 3.63) is 11.4 Å². The highest BCUT2D eigenvalue weighted by Gasteiger charge is 2.32. The van der Waals surface area contributed by atoms with Gasteiger partial charge < -0.3 is 5.11 Å². The zero-order valence-corrected chi connectivity index (χ0v) is 11.5. The number of rotatable bonds is 3. The second-order valence-electron chi connectivity index (χ2n) is 4.79. The van der Waals surface area contributed by atoms with Gasteiger partial charge in [-0.05, 0) is 32.6 Å². The summed E-state index contributed by atoms with van der Waals surface area (Å²) in [4.78, 5) is 0.296. The molecule has 1 aliphatic heterocycles. The number of aromatic nitrogens is 2. The van der Waals surface area contributed by atoms with E-state index in [2.05, 4.69) is 10.2 Å². The summed E-state index contributed by atoms with van der Waals surface area (Å²) in [5.74, 6) is 0.225. The molecule has 18 heavy (non-hydrogen) atoms. The standard InChI is InChI=1S/C11H19N3O3S/c1-8-11(9(2)13-12-8)18(16,17)14-5-3-10(7-15)4-6-14/h10,15H,3-7H2,1-2H3,(H,12,13). The normalized spacial score (nSPS) is 19.3. The average molecular weight is 273 g/mol. The molecule has 1 aliphatic rings. The van der Waals surface area contributed by atoms with Crippen molar-refractivity contribution < 1.29 is 13.5 Å². The minimum absolute atomic E-state index is 0.137. The molecule has 0 unspecified atom stereocenters. The van der Waals surface area contributed by atoms with Crippen molar-refractivity contribution in [2.75, 3.05) is 19.7 Å². The largest absolute Gasteiger partial charge is 0.396 e. The Labute approximate surface area is 107 Å². The molecule has 2 N–H and O–H groups in total. The molecule has 102 valence electrons. The van der Waals surface area contributed by atoms with E-state index in [0.717, 1.165) is 0 Å². The lowest BCUT2D eigenvalue weighted by Gasteiger charge is -2.30. The Morgan fingerprint density at radius 2 is 2.00 bits per heavy atom. The van der Waals surface area contributed by atoms with Crippen LogP contribution in [-0.4, -0.2) is 47.7 Å². The van der Waals surface area contributed by atoms with Gasteiger partial charge in [-0.25, -0.2) is 8.42 Å². The molecule has 2 heterocycles. The molecule has 0 aliphatic carbocycles. The topological polar surface area (TPSA) is 86.3 Å². The van der Waals surface area contributed by atoms with Crippen LogP contribution in [0.15, 0.2) is 4.90 Å². The van der Waals surface area contributed by atoms with Crippen molar-refractivity contribution >= 4 is 10.0 Å². The predicted molar refractivity (Wildman–Crippen MR) is 66.6 cm³/mol. The lowest BCUT2D eigenvalue weighted by Crippen LogP contribution is -2.39. The summed E-state index contributed by atoms with van der Waals surface area (Å²) in [6, 6.07) is 0. The number of H-pyrrole nitrogens is 1. The fraction of sp³-hybridized carbons (Fsp3) is 0.727. The summed E-state index contributed by atoms with van der Waals surface area (Å²) in [7, 11) is -3.45. The van der Waals surface area contributed by atoms with Crippen molar-refractivity contribution in [3.8, 4) is 0 Å². The first-order chi connectivity index (χ1) is 8.46.